The van der Waals surface area contributed by atoms with Gasteiger partial charge in [-0.1, -0.05) is 60.1 Å². The van der Waals surface area contributed by atoms with E-state index in [1.54, 1.807) is 0 Å². The van der Waals surface area contributed by atoms with Gasteiger partial charge < -0.3 is 40.1 Å². The van der Waals surface area contributed by atoms with Gasteiger partial charge in [-0.15, -0.1) is 0 Å². The lowest BCUT2D eigenvalue weighted by atomic mass is 9.33. The molecule has 1 unspecified atom stereocenters. The molecule has 0 bridgehead atoms. The van der Waals surface area contributed by atoms with E-state index in [-0.39, 0.29) is 33.5 Å². The average molecular weight is 635 g/mol. The predicted octanol–water partition coefficient (Wildman–Crippen LogP) is 3.32. The van der Waals surface area contributed by atoms with Crippen molar-refractivity contribution in [1.82, 2.24) is 0 Å². The van der Waals surface area contributed by atoms with E-state index in [2.05, 4.69) is 54.5 Å². The van der Waals surface area contributed by atoms with Crippen molar-refractivity contribution in [3.8, 4) is 0 Å². The van der Waals surface area contributed by atoms with E-state index >= 15 is 0 Å². The molecule has 45 heavy (non-hydrogen) atoms. The lowest BCUT2D eigenvalue weighted by Crippen LogP contribution is -2.67. The molecule has 9 heteroatoms. The summed E-state index contributed by atoms with van der Waals surface area (Å²) in [5.74, 6) is 0.739. The molecule has 0 aromatic carbocycles. The number of aliphatic hydroxyl groups is 6. The topological polar surface area (TPSA) is 157 Å². The van der Waals surface area contributed by atoms with Crippen molar-refractivity contribution in [2.75, 3.05) is 6.61 Å². The van der Waals surface area contributed by atoms with Crippen molar-refractivity contribution in [1.29, 1.82) is 0 Å². The van der Waals surface area contributed by atoms with Crippen LogP contribution in [-0.2, 0) is 14.3 Å². The highest BCUT2D eigenvalue weighted by Gasteiger charge is 2.70. The van der Waals surface area contributed by atoms with E-state index in [0.29, 0.717) is 37.0 Å². The van der Waals surface area contributed by atoms with Crippen LogP contribution in [-0.4, -0.2) is 86.1 Å². The van der Waals surface area contributed by atoms with Gasteiger partial charge in [0.1, 0.15) is 24.4 Å². The summed E-state index contributed by atoms with van der Waals surface area (Å²) in [4.78, 5) is 14.4. The number of esters is 1. The summed E-state index contributed by atoms with van der Waals surface area (Å²) in [5, 5.41) is 63.2. The minimum atomic E-state index is -1.63. The summed E-state index contributed by atoms with van der Waals surface area (Å²) in [6.07, 6.45) is -0.00749. The molecule has 1 heterocycles. The lowest BCUT2D eigenvalue weighted by molar-refractivity contribution is -0.297. The molecule has 16 atom stereocenters. The van der Waals surface area contributed by atoms with Gasteiger partial charge in [-0.2, -0.15) is 0 Å². The number of ether oxygens (including phenoxy) is 2. The highest BCUT2D eigenvalue weighted by atomic mass is 16.7. The Morgan fingerprint density at radius 2 is 1.60 bits per heavy atom. The number of carbonyl (C=O) groups is 1. The number of allylic oxidation sites excluding steroid dienone is 2. The fraction of sp³-hybridized carbons (Fsp3) is 0.917. The van der Waals surface area contributed by atoms with Crippen molar-refractivity contribution < 1.29 is 44.9 Å². The Balaban J connectivity index is 1.37. The molecule has 256 valence electrons. The third-order valence-corrected chi connectivity index (χ3v) is 15.4. The molecule has 5 fully saturated rings. The van der Waals surface area contributed by atoms with E-state index in [4.69, 9.17) is 9.47 Å². The van der Waals surface area contributed by atoms with Crippen LogP contribution in [0.4, 0.5) is 0 Å². The third kappa shape index (κ3) is 4.46. The van der Waals surface area contributed by atoms with Gasteiger partial charge in [0.15, 0.2) is 0 Å². The number of rotatable bonds is 3. The summed E-state index contributed by atoms with van der Waals surface area (Å²) >= 11 is 0. The van der Waals surface area contributed by atoms with Crippen molar-refractivity contribution in [2.24, 2.45) is 56.7 Å². The van der Waals surface area contributed by atoms with Gasteiger partial charge in [0, 0.05) is 0 Å². The summed E-state index contributed by atoms with van der Waals surface area (Å²) in [6, 6.07) is 0. The van der Waals surface area contributed by atoms with E-state index in [1.807, 2.05) is 0 Å². The van der Waals surface area contributed by atoms with Crippen molar-refractivity contribution in [3.05, 3.63) is 11.6 Å². The van der Waals surface area contributed by atoms with Gasteiger partial charge in [-0.3, -0.25) is 4.79 Å². The van der Waals surface area contributed by atoms with Gasteiger partial charge in [0.25, 0.3) is 0 Å². The highest BCUT2D eigenvalue weighted by molar-refractivity contribution is 5.79. The molecule has 0 spiro atoms. The van der Waals surface area contributed by atoms with Crippen molar-refractivity contribution in [3.63, 3.8) is 0 Å². The molecular weight excluding hydrogens is 576 g/mol. The van der Waals surface area contributed by atoms with Crippen LogP contribution in [0.1, 0.15) is 99.8 Å². The van der Waals surface area contributed by atoms with Crippen LogP contribution in [0, 0.1) is 56.7 Å². The Morgan fingerprint density at radius 1 is 0.911 bits per heavy atom. The first-order valence-electron chi connectivity index (χ1n) is 17.5. The molecule has 0 aromatic heterocycles. The zero-order chi connectivity index (χ0) is 33.1. The van der Waals surface area contributed by atoms with Gasteiger partial charge in [-0.25, -0.2) is 0 Å². The Morgan fingerprint density at radius 3 is 2.27 bits per heavy atom. The molecule has 0 aromatic rings. The number of aliphatic hydroxyl groups excluding tert-OH is 6. The summed E-state index contributed by atoms with van der Waals surface area (Å²) in [6.45, 7) is 15.4. The van der Waals surface area contributed by atoms with Crippen LogP contribution in [0.3, 0.4) is 0 Å². The second kappa shape index (κ2) is 11.0. The summed E-state index contributed by atoms with van der Waals surface area (Å²) in [7, 11) is 0. The number of carbonyl (C=O) groups excluding carboxylic acids is 1. The van der Waals surface area contributed by atoms with E-state index in [1.165, 1.54) is 5.57 Å². The first kappa shape index (κ1) is 33.8. The monoisotopic (exact) mass is 634 g/mol. The number of hydrogen-bond donors (Lipinski definition) is 6. The third-order valence-electron chi connectivity index (χ3n) is 15.4. The fourth-order valence-electron chi connectivity index (χ4n) is 12.4. The zero-order valence-electron chi connectivity index (χ0n) is 28.3. The maximum atomic E-state index is 14.4. The van der Waals surface area contributed by atoms with Gasteiger partial charge >= 0.3 is 5.97 Å². The smallest absolute Gasteiger partial charge is 0.315 e. The molecule has 6 N–H and O–H groups in total. The van der Waals surface area contributed by atoms with Crippen molar-refractivity contribution in [2.45, 2.75) is 143 Å². The molecular formula is C36H58O9. The van der Waals surface area contributed by atoms with Crippen LogP contribution < -0.4 is 0 Å². The molecule has 0 radical (unpaired) electrons. The Kier molecular flexibility index (Phi) is 8.25. The zero-order valence-corrected chi connectivity index (χ0v) is 28.3. The SMILES string of the molecule is C[C@H]1[C@H](C)CC[C@]2(C(=O)O[C@@H]3O[C@H](CO)[C@@H](O)[C@H](O)[C@H]3O)CC[C@]3(C)C(=CC[C@@H]4[C@@]5(C)C[C@@H](O)[C@H](O)C(C)(C)C5CC[C@]43C)[C@H]12. The largest absolute Gasteiger partial charge is 0.432 e. The quantitative estimate of drug-likeness (QED) is 0.203. The Labute approximate surface area is 268 Å². The highest BCUT2D eigenvalue weighted by Crippen LogP contribution is 2.75. The molecule has 0 amide bonds. The second-order valence-electron chi connectivity index (χ2n) is 17.4. The van der Waals surface area contributed by atoms with Crippen LogP contribution in [0.2, 0.25) is 0 Å². The normalized spacial score (nSPS) is 55.7. The lowest BCUT2D eigenvalue weighted by Gasteiger charge is -2.71. The predicted molar refractivity (Wildman–Crippen MR) is 166 cm³/mol. The van der Waals surface area contributed by atoms with E-state index in [9.17, 15) is 35.4 Å². The standard InChI is InChI=1S/C36H58O9/c1-18-10-13-36(31(43)45-30-28(41)27(40)26(39)22(17-37)44-30)15-14-34(6)20(25(36)19(18)2)8-9-24-33(5)16-21(38)29(42)32(3,4)23(33)11-12-35(24,34)7/h8,18-19,21-30,37-42H,9-17H2,1-7H3/t18-,19+,21-,22-,23?,24-,25+,26-,27+,28-,29+,30+,33+,34-,35-,36+/m1/s1. The first-order valence-corrected chi connectivity index (χ1v) is 17.5. The number of fused-ring (bicyclic) bond motifs is 7. The van der Waals surface area contributed by atoms with Crippen LogP contribution in [0.25, 0.3) is 0 Å². The Hall–Kier alpha value is -1.07. The van der Waals surface area contributed by atoms with Crippen LogP contribution in [0.15, 0.2) is 11.6 Å². The molecule has 6 rings (SSSR count). The minimum absolute atomic E-state index is 0.0594. The molecule has 6 aliphatic rings. The molecule has 5 aliphatic carbocycles. The summed E-state index contributed by atoms with van der Waals surface area (Å²) in [5.41, 5.74) is -0.223. The first-order chi connectivity index (χ1) is 20.9. The van der Waals surface area contributed by atoms with Crippen LogP contribution >= 0.6 is 0 Å². The van der Waals surface area contributed by atoms with Crippen molar-refractivity contribution >= 4 is 5.97 Å². The molecule has 1 aliphatic heterocycles. The van der Waals surface area contributed by atoms with Gasteiger partial charge in [-0.05, 0) is 103 Å². The summed E-state index contributed by atoms with van der Waals surface area (Å²) < 4.78 is 11.6. The maximum absolute atomic E-state index is 14.4. The maximum Gasteiger partial charge on any atom is 0.315 e. The van der Waals surface area contributed by atoms with Crippen LogP contribution in [0.5, 0.6) is 0 Å². The molecule has 1 saturated heterocycles. The Bertz CT molecular complexity index is 1200. The minimum Gasteiger partial charge on any atom is -0.432 e. The van der Waals surface area contributed by atoms with Gasteiger partial charge in [0.2, 0.25) is 6.29 Å². The average Bonchev–Trinajstić information content (AvgIpc) is 2.98. The molecule has 9 nitrogen and oxygen atoms in total. The fourth-order valence-corrected chi connectivity index (χ4v) is 12.4. The second-order valence-corrected chi connectivity index (χ2v) is 17.4. The number of hydrogen-bond acceptors (Lipinski definition) is 9. The molecule has 4 saturated carbocycles. The van der Waals surface area contributed by atoms with E-state index < -0.39 is 60.9 Å². The van der Waals surface area contributed by atoms with E-state index in [0.717, 1.165) is 32.1 Å². The van der Waals surface area contributed by atoms with Gasteiger partial charge in [0.05, 0.1) is 24.2 Å².